The van der Waals surface area contributed by atoms with Crippen molar-refractivity contribution in [3.05, 3.63) is 47.5 Å². The number of aromatic amines is 1. The quantitative estimate of drug-likeness (QED) is 0.463. The number of halogens is 3. The number of nitrogens with zero attached hydrogens (tertiary/aromatic N) is 2. The molecule has 0 bridgehead atoms. The second-order valence-electron chi connectivity index (χ2n) is 5.95. The van der Waals surface area contributed by atoms with Gasteiger partial charge in [-0.05, 0) is 30.3 Å². The minimum absolute atomic E-state index is 0.187. The summed E-state index contributed by atoms with van der Waals surface area (Å²) in [6, 6.07) is 9.92. The van der Waals surface area contributed by atoms with Crippen molar-refractivity contribution in [2.45, 2.75) is 15.8 Å². The molecule has 1 amide bonds. The minimum atomic E-state index is -4.86. The number of thioether (sulfide) groups is 1. The van der Waals surface area contributed by atoms with Crippen LogP contribution in [0.1, 0.15) is 0 Å². The van der Waals surface area contributed by atoms with Crippen LogP contribution >= 0.6 is 23.4 Å². The van der Waals surface area contributed by atoms with E-state index in [0.29, 0.717) is 22.2 Å². The Labute approximate surface area is 185 Å². The van der Waals surface area contributed by atoms with Gasteiger partial charge in [-0.2, -0.15) is 8.78 Å². The summed E-state index contributed by atoms with van der Waals surface area (Å²) in [4.78, 5) is 15.9. The number of nitrogens with one attached hydrogen (secondary N) is 2. The Morgan fingerprint density at radius 2 is 2.03 bits per heavy atom. The molecule has 1 heterocycles. The van der Waals surface area contributed by atoms with Crippen LogP contribution in [0.5, 0.6) is 5.75 Å². The summed E-state index contributed by atoms with van der Waals surface area (Å²) in [7, 11) is -3.37. The van der Waals surface area contributed by atoms with Crippen LogP contribution in [-0.4, -0.2) is 48.1 Å². The lowest BCUT2D eigenvalue weighted by molar-refractivity contribution is -0.113. The van der Waals surface area contributed by atoms with Gasteiger partial charge in [0.2, 0.25) is 20.9 Å². The van der Waals surface area contributed by atoms with Crippen molar-refractivity contribution in [3.63, 3.8) is 0 Å². The van der Waals surface area contributed by atoms with Gasteiger partial charge >= 0.3 is 5.76 Å². The lowest BCUT2D eigenvalue weighted by Crippen LogP contribution is -2.19. The van der Waals surface area contributed by atoms with E-state index in [1.54, 1.807) is 18.2 Å². The average Bonchev–Trinajstić information content (AvgIpc) is 3.21. The Morgan fingerprint density at radius 1 is 1.29 bits per heavy atom. The Balaban J connectivity index is 1.69. The topological polar surface area (TPSA) is 114 Å². The van der Waals surface area contributed by atoms with Gasteiger partial charge in [0, 0.05) is 5.02 Å². The SMILES string of the molecule is COc1ccc(Cl)cc1-c1nc(SCC(=O)Nc2ccccc2S(=O)(=O)C(F)F)n[nH]1. The normalized spacial score (nSPS) is 11.5. The molecule has 2 aromatic carbocycles. The van der Waals surface area contributed by atoms with E-state index in [9.17, 15) is 22.0 Å². The number of alkyl halides is 2. The summed E-state index contributed by atoms with van der Waals surface area (Å²) in [5.74, 6) is -3.52. The van der Waals surface area contributed by atoms with Crippen molar-refractivity contribution in [1.29, 1.82) is 0 Å². The fraction of sp³-hybridized carbons (Fsp3) is 0.167. The first-order valence-corrected chi connectivity index (χ1v) is 11.4. The zero-order valence-corrected chi connectivity index (χ0v) is 18.2. The van der Waals surface area contributed by atoms with Gasteiger partial charge < -0.3 is 10.1 Å². The summed E-state index contributed by atoms with van der Waals surface area (Å²) in [6.45, 7) is 0. The van der Waals surface area contributed by atoms with Crippen LogP contribution in [0.3, 0.4) is 0 Å². The summed E-state index contributed by atoms with van der Waals surface area (Å²) in [5.41, 5.74) is 0.345. The van der Waals surface area contributed by atoms with E-state index in [2.05, 4.69) is 20.5 Å². The van der Waals surface area contributed by atoms with E-state index in [1.807, 2.05) is 0 Å². The third-order valence-corrected chi connectivity index (χ3v) is 6.44. The second kappa shape index (κ2) is 9.62. The molecule has 0 aliphatic carbocycles. The van der Waals surface area contributed by atoms with E-state index in [0.717, 1.165) is 17.8 Å². The molecule has 0 aliphatic heterocycles. The zero-order valence-electron chi connectivity index (χ0n) is 15.8. The molecule has 0 aliphatic rings. The third kappa shape index (κ3) is 5.32. The summed E-state index contributed by atoms with van der Waals surface area (Å²) < 4.78 is 54.5. The van der Waals surface area contributed by atoms with Crippen LogP contribution in [-0.2, 0) is 14.6 Å². The molecule has 0 unspecified atom stereocenters. The van der Waals surface area contributed by atoms with E-state index in [4.69, 9.17) is 16.3 Å². The molecule has 0 fully saturated rings. The number of H-pyrrole nitrogens is 1. The van der Waals surface area contributed by atoms with Crippen molar-refractivity contribution in [3.8, 4) is 17.1 Å². The average molecular weight is 489 g/mol. The molecular weight excluding hydrogens is 474 g/mol. The van der Waals surface area contributed by atoms with E-state index in [1.165, 1.54) is 25.3 Å². The zero-order chi connectivity index (χ0) is 22.6. The Kier molecular flexibility index (Phi) is 7.13. The maximum atomic E-state index is 12.9. The molecule has 3 aromatic rings. The molecule has 0 spiro atoms. The molecule has 0 saturated carbocycles. The standard InChI is InChI=1S/C18H15ClF2N4O4S2/c1-29-13-7-6-10(19)8-11(13)16-23-18(25-24-16)30-9-15(26)22-12-4-2-3-5-14(12)31(27,28)17(20)21/h2-8,17H,9H2,1H3,(H,22,26)(H,23,24,25). The number of carbonyl (C=O) groups excluding carboxylic acids is 1. The van der Waals surface area contributed by atoms with Gasteiger partial charge in [-0.25, -0.2) is 13.4 Å². The van der Waals surface area contributed by atoms with Crippen LogP contribution in [0, 0.1) is 0 Å². The van der Waals surface area contributed by atoms with Crippen LogP contribution in [0.2, 0.25) is 5.02 Å². The highest BCUT2D eigenvalue weighted by molar-refractivity contribution is 7.99. The maximum Gasteiger partial charge on any atom is 0.341 e. The van der Waals surface area contributed by atoms with Gasteiger partial charge in [0.1, 0.15) is 5.75 Å². The van der Waals surface area contributed by atoms with Crippen molar-refractivity contribution in [2.75, 3.05) is 18.2 Å². The number of aromatic nitrogens is 3. The fourth-order valence-corrected chi connectivity index (χ4v) is 4.18. The van der Waals surface area contributed by atoms with Crippen molar-refractivity contribution < 1.29 is 26.7 Å². The van der Waals surface area contributed by atoms with Gasteiger partial charge in [-0.3, -0.25) is 9.89 Å². The number of benzene rings is 2. The Bertz CT molecular complexity index is 1200. The van der Waals surface area contributed by atoms with Crippen LogP contribution in [0.25, 0.3) is 11.4 Å². The molecular formula is C18H15ClF2N4O4S2. The van der Waals surface area contributed by atoms with Gasteiger partial charge in [0.15, 0.2) is 5.82 Å². The highest BCUT2D eigenvalue weighted by Gasteiger charge is 2.29. The second-order valence-corrected chi connectivity index (χ2v) is 9.21. The predicted molar refractivity (Wildman–Crippen MR) is 112 cm³/mol. The molecule has 3 rings (SSSR count). The number of rotatable bonds is 8. The molecule has 8 nitrogen and oxygen atoms in total. The number of para-hydroxylation sites is 1. The van der Waals surface area contributed by atoms with E-state index >= 15 is 0 Å². The maximum absolute atomic E-state index is 12.9. The van der Waals surface area contributed by atoms with Crippen molar-refractivity contribution >= 4 is 44.8 Å². The van der Waals surface area contributed by atoms with Crippen LogP contribution in [0.4, 0.5) is 14.5 Å². The lowest BCUT2D eigenvalue weighted by atomic mass is 10.2. The van der Waals surface area contributed by atoms with Crippen LogP contribution < -0.4 is 10.1 Å². The number of anilines is 1. The van der Waals surface area contributed by atoms with Crippen LogP contribution in [0.15, 0.2) is 52.5 Å². The lowest BCUT2D eigenvalue weighted by Gasteiger charge is -2.10. The Hall–Kier alpha value is -2.70. The number of methoxy groups -OCH3 is 1. The molecule has 0 atom stereocenters. The summed E-state index contributed by atoms with van der Waals surface area (Å²) in [6.07, 6.45) is 0. The van der Waals surface area contributed by atoms with E-state index < -0.39 is 26.4 Å². The highest BCUT2D eigenvalue weighted by atomic mass is 35.5. The van der Waals surface area contributed by atoms with Gasteiger partial charge in [-0.15, -0.1) is 5.10 Å². The number of amides is 1. The number of carbonyl (C=O) groups is 1. The molecule has 2 N–H and O–H groups in total. The summed E-state index contributed by atoms with van der Waals surface area (Å²) in [5, 5.41) is 9.77. The molecule has 13 heteroatoms. The monoisotopic (exact) mass is 488 g/mol. The Morgan fingerprint density at radius 3 is 2.74 bits per heavy atom. The number of ether oxygens (including phenoxy) is 1. The van der Waals surface area contributed by atoms with E-state index in [-0.39, 0.29) is 16.6 Å². The number of hydrogen-bond donors (Lipinski definition) is 2. The molecule has 31 heavy (non-hydrogen) atoms. The smallest absolute Gasteiger partial charge is 0.341 e. The third-order valence-electron chi connectivity index (χ3n) is 3.92. The van der Waals surface area contributed by atoms with Crippen molar-refractivity contribution in [1.82, 2.24) is 15.2 Å². The first-order chi connectivity index (χ1) is 14.7. The summed E-state index contributed by atoms with van der Waals surface area (Å²) >= 11 is 6.97. The number of hydrogen-bond acceptors (Lipinski definition) is 7. The van der Waals surface area contributed by atoms with Gasteiger partial charge in [0.05, 0.1) is 29.0 Å². The minimum Gasteiger partial charge on any atom is -0.496 e. The molecule has 164 valence electrons. The van der Waals surface area contributed by atoms with Gasteiger partial charge in [-0.1, -0.05) is 35.5 Å². The molecule has 0 radical (unpaired) electrons. The molecule has 0 saturated heterocycles. The largest absolute Gasteiger partial charge is 0.496 e. The fourth-order valence-electron chi connectivity index (χ4n) is 2.53. The predicted octanol–water partition coefficient (Wildman–Crippen LogP) is 3.86. The first kappa shape index (κ1) is 23.0. The highest BCUT2D eigenvalue weighted by Crippen LogP contribution is 2.31. The molecule has 1 aromatic heterocycles. The van der Waals surface area contributed by atoms with Crippen molar-refractivity contribution in [2.24, 2.45) is 0 Å². The first-order valence-electron chi connectivity index (χ1n) is 8.52. The van der Waals surface area contributed by atoms with Gasteiger partial charge in [0.25, 0.3) is 0 Å². The number of sulfone groups is 1.